The topological polar surface area (TPSA) is 94.2 Å². The molecule has 2 N–H and O–H groups in total. The van der Waals surface area contributed by atoms with Crippen molar-refractivity contribution in [2.24, 2.45) is 5.73 Å². The minimum atomic E-state index is -0.522. The molecule has 1 aliphatic heterocycles. The van der Waals surface area contributed by atoms with Gasteiger partial charge in [0.05, 0.1) is 12.2 Å². The van der Waals surface area contributed by atoms with Gasteiger partial charge >= 0.3 is 6.09 Å². The van der Waals surface area contributed by atoms with E-state index in [1.807, 2.05) is 18.2 Å². The molecule has 0 bridgehead atoms. The number of aromatic nitrogens is 3. The molecule has 1 atom stereocenters. The molecule has 0 saturated carbocycles. The lowest BCUT2D eigenvalue weighted by Crippen LogP contribution is -2.27. The van der Waals surface area contributed by atoms with Gasteiger partial charge in [0.2, 0.25) is 0 Å². The lowest BCUT2D eigenvalue weighted by molar-refractivity contribution is 0.145. The highest BCUT2D eigenvalue weighted by molar-refractivity contribution is 7.14. The Morgan fingerprint density at radius 2 is 2.19 bits per heavy atom. The van der Waals surface area contributed by atoms with Crippen LogP contribution in [0.5, 0.6) is 0 Å². The summed E-state index contributed by atoms with van der Waals surface area (Å²) in [4.78, 5) is 17.5. The predicted molar refractivity (Wildman–Crippen MR) is 99.0 cm³/mol. The van der Waals surface area contributed by atoms with Gasteiger partial charge in [-0.3, -0.25) is 9.88 Å². The normalized spacial score (nSPS) is 16.6. The average molecular weight is 385 g/mol. The SMILES string of the molecule is NCC1CN(c2ccc(-c3nnc(Cc4ccccn4)s3)c(F)c2)C(=O)O1. The number of amides is 1. The van der Waals surface area contributed by atoms with Gasteiger partial charge in [0, 0.05) is 30.4 Å². The minimum Gasteiger partial charge on any atom is -0.443 e. The maximum Gasteiger partial charge on any atom is 0.414 e. The Morgan fingerprint density at radius 3 is 2.89 bits per heavy atom. The second-order valence-electron chi connectivity index (χ2n) is 6.02. The molecule has 2 aromatic heterocycles. The van der Waals surface area contributed by atoms with Crippen LogP contribution in [0.2, 0.25) is 0 Å². The highest BCUT2D eigenvalue weighted by atomic mass is 32.1. The molecule has 1 aliphatic rings. The van der Waals surface area contributed by atoms with E-state index in [2.05, 4.69) is 15.2 Å². The number of anilines is 1. The zero-order valence-electron chi connectivity index (χ0n) is 14.2. The van der Waals surface area contributed by atoms with Crippen molar-refractivity contribution >= 4 is 23.1 Å². The predicted octanol–water partition coefficient (Wildman–Crippen LogP) is 2.61. The van der Waals surface area contributed by atoms with Crippen LogP contribution in [0.15, 0.2) is 42.6 Å². The first kappa shape index (κ1) is 17.5. The number of ether oxygens (including phenoxy) is 1. The van der Waals surface area contributed by atoms with Crippen molar-refractivity contribution in [3.8, 4) is 10.6 Å². The summed E-state index contributed by atoms with van der Waals surface area (Å²) >= 11 is 1.31. The molecule has 4 rings (SSSR count). The first-order valence-corrected chi connectivity index (χ1v) is 9.16. The number of hydrogen-bond donors (Lipinski definition) is 1. The number of halogens is 1. The van der Waals surface area contributed by atoms with Crippen molar-refractivity contribution in [1.29, 1.82) is 0 Å². The number of carbonyl (C=O) groups is 1. The van der Waals surface area contributed by atoms with Gasteiger partial charge in [-0.15, -0.1) is 10.2 Å². The molecule has 1 saturated heterocycles. The highest BCUT2D eigenvalue weighted by Gasteiger charge is 2.31. The summed E-state index contributed by atoms with van der Waals surface area (Å²) in [5.74, 6) is -0.475. The Hall–Kier alpha value is -2.91. The van der Waals surface area contributed by atoms with E-state index < -0.39 is 11.9 Å². The highest BCUT2D eigenvalue weighted by Crippen LogP contribution is 2.31. The second-order valence-corrected chi connectivity index (χ2v) is 7.08. The number of hydrogen-bond acceptors (Lipinski definition) is 7. The molecule has 3 heterocycles. The molecule has 0 radical (unpaired) electrons. The van der Waals surface area contributed by atoms with Gasteiger partial charge < -0.3 is 10.5 Å². The molecule has 27 heavy (non-hydrogen) atoms. The van der Waals surface area contributed by atoms with E-state index in [9.17, 15) is 9.18 Å². The molecule has 7 nitrogen and oxygen atoms in total. The Bertz CT molecular complexity index is 965. The van der Waals surface area contributed by atoms with E-state index in [-0.39, 0.29) is 12.6 Å². The average Bonchev–Trinajstić information content (AvgIpc) is 3.29. The Balaban J connectivity index is 1.54. The van der Waals surface area contributed by atoms with E-state index in [1.165, 1.54) is 22.3 Å². The molecule has 0 spiro atoms. The number of nitrogens with two attached hydrogens (primary N) is 1. The van der Waals surface area contributed by atoms with E-state index in [0.29, 0.717) is 29.2 Å². The van der Waals surface area contributed by atoms with Crippen LogP contribution in [0, 0.1) is 5.82 Å². The largest absolute Gasteiger partial charge is 0.443 e. The number of carbonyl (C=O) groups excluding carboxylic acids is 1. The van der Waals surface area contributed by atoms with Crippen molar-refractivity contribution in [3.05, 3.63) is 59.1 Å². The molecule has 1 unspecified atom stereocenters. The van der Waals surface area contributed by atoms with E-state index in [4.69, 9.17) is 10.5 Å². The van der Waals surface area contributed by atoms with Gasteiger partial charge in [-0.25, -0.2) is 9.18 Å². The molecular formula is C18H16FN5O2S. The zero-order valence-corrected chi connectivity index (χ0v) is 15.0. The van der Waals surface area contributed by atoms with Crippen LogP contribution in [0.1, 0.15) is 10.7 Å². The fourth-order valence-electron chi connectivity index (χ4n) is 2.79. The molecule has 9 heteroatoms. The summed E-state index contributed by atoms with van der Waals surface area (Å²) in [5, 5.41) is 9.45. The first-order chi connectivity index (χ1) is 13.1. The molecule has 3 aromatic rings. The number of rotatable bonds is 5. The van der Waals surface area contributed by atoms with Crippen LogP contribution in [0.3, 0.4) is 0 Å². The molecule has 0 aliphatic carbocycles. The molecule has 1 fully saturated rings. The van der Waals surface area contributed by atoms with Gasteiger partial charge in [-0.1, -0.05) is 17.4 Å². The third-order valence-corrected chi connectivity index (χ3v) is 5.11. The Kier molecular flexibility index (Phi) is 4.78. The van der Waals surface area contributed by atoms with Gasteiger partial charge in [0.1, 0.15) is 16.9 Å². The number of benzene rings is 1. The van der Waals surface area contributed by atoms with Crippen LogP contribution in [0.4, 0.5) is 14.9 Å². The standard InChI is InChI=1S/C18H16FN5O2S/c19-15-8-12(24-10-13(9-20)26-18(24)25)4-5-14(15)17-23-22-16(27-17)7-11-3-1-2-6-21-11/h1-6,8,13H,7,9-10,20H2. The smallest absolute Gasteiger partial charge is 0.414 e. The lowest BCUT2D eigenvalue weighted by atomic mass is 10.2. The summed E-state index contributed by atoms with van der Waals surface area (Å²) in [5.41, 5.74) is 7.17. The monoisotopic (exact) mass is 385 g/mol. The van der Waals surface area contributed by atoms with Crippen molar-refractivity contribution in [3.63, 3.8) is 0 Å². The van der Waals surface area contributed by atoms with Gasteiger partial charge in [-0.05, 0) is 30.3 Å². The third kappa shape index (κ3) is 3.64. The molecular weight excluding hydrogens is 369 g/mol. The van der Waals surface area contributed by atoms with Gasteiger partial charge in [0.25, 0.3) is 0 Å². The minimum absolute atomic E-state index is 0.229. The summed E-state index contributed by atoms with van der Waals surface area (Å²) < 4.78 is 19.8. The number of nitrogens with zero attached hydrogens (tertiary/aromatic N) is 4. The first-order valence-electron chi connectivity index (χ1n) is 8.34. The molecule has 1 amide bonds. The van der Waals surface area contributed by atoms with Crippen molar-refractivity contribution in [2.75, 3.05) is 18.0 Å². The molecule has 138 valence electrons. The Labute approximate surface area is 158 Å². The van der Waals surface area contributed by atoms with Crippen molar-refractivity contribution in [2.45, 2.75) is 12.5 Å². The zero-order chi connectivity index (χ0) is 18.8. The van der Waals surface area contributed by atoms with Crippen LogP contribution >= 0.6 is 11.3 Å². The van der Waals surface area contributed by atoms with Crippen LogP contribution < -0.4 is 10.6 Å². The summed E-state index contributed by atoms with van der Waals surface area (Å²) in [7, 11) is 0. The number of cyclic esters (lactones) is 1. The quantitative estimate of drug-likeness (QED) is 0.726. The lowest BCUT2D eigenvalue weighted by Gasteiger charge is -2.13. The maximum atomic E-state index is 14.7. The number of pyridine rings is 1. The summed E-state index contributed by atoms with van der Waals surface area (Å²) in [6, 6.07) is 10.2. The maximum absolute atomic E-state index is 14.7. The van der Waals surface area contributed by atoms with Crippen LogP contribution in [0.25, 0.3) is 10.6 Å². The fraction of sp³-hybridized carbons (Fsp3) is 0.222. The van der Waals surface area contributed by atoms with Gasteiger partial charge in [0.15, 0.2) is 5.01 Å². The van der Waals surface area contributed by atoms with Crippen molar-refractivity contribution in [1.82, 2.24) is 15.2 Å². The molecule has 1 aromatic carbocycles. The van der Waals surface area contributed by atoms with Crippen LogP contribution in [-0.2, 0) is 11.2 Å². The van der Waals surface area contributed by atoms with E-state index in [0.717, 1.165) is 10.7 Å². The van der Waals surface area contributed by atoms with Gasteiger partial charge in [-0.2, -0.15) is 0 Å². The third-order valence-electron chi connectivity index (χ3n) is 4.16. The van der Waals surface area contributed by atoms with E-state index in [1.54, 1.807) is 18.3 Å². The van der Waals surface area contributed by atoms with E-state index >= 15 is 0 Å². The van der Waals surface area contributed by atoms with Crippen LogP contribution in [-0.4, -0.2) is 40.5 Å². The Morgan fingerprint density at radius 1 is 1.30 bits per heavy atom. The second kappa shape index (κ2) is 7.37. The summed E-state index contributed by atoms with van der Waals surface area (Å²) in [6.45, 7) is 0.536. The summed E-state index contributed by atoms with van der Waals surface area (Å²) in [6.07, 6.45) is 1.36. The van der Waals surface area contributed by atoms with Crippen molar-refractivity contribution < 1.29 is 13.9 Å². The fourth-order valence-corrected chi connectivity index (χ4v) is 3.67.